The second-order valence-corrected chi connectivity index (χ2v) is 4.10. The lowest BCUT2D eigenvalue weighted by atomic mass is 10.3. The maximum atomic E-state index is 11.1. The van der Waals surface area contributed by atoms with E-state index in [0.717, 1.165) is 11.2 Å². The minimum atomic E-state index is -0.234. The highest BCUT2D eigenvalue weighted by Gasteiger charge is 1.99. The molecule has 0 aliphatic heterocycles. The molecule has 1 heterocycles. The Labute approximate surface area is 108 Å². The average molecular weight is 253 g/mol. The van der Waals surface area contributed by atoms with Crippen molar-refractivity contribution in [2.75, 3.05) is 5.73 Å². The molecule has 0 unspecified atom stereocenters. The number of imidazole rings is 1. The van der Waals surface area contributed by atoms with Gasteiger partial charge in [-0.3, -0.25) is 0 Å². The molecule has 0 fully saturated rings. The maximum Gasteiger partial charge on any atom is 0.323 e. The first kappa shape index (κ1) is 11.2. The average Bonchev–Trinajstić information content (AvgIpc) is 2.77. The smallest absolute Gasteiger partial charge is 0.323 e. The third-order valence-corrected chi connectivity index (χ3v) is 2.67. The molecule has 0 saturated heterocycles. The number of aromatic amines is 2. The number of aromatic nitrogens is 2. The first-order valence-electron chi connectivity index (χ1n) is 5.70. The molecule has 0 amide bonds. The molecule has 6 heteroatoms. The van der Waals surface area contributed by atoms with Crippen molar-refractivity contribution in [2.24, 2.45) is 10.2 Å². The van der Waals surface area contributed by atoms with Crippen molar-refractivity contribution in [3.63, 3.8) is 0 Å². The molecule has 6 nitrogen and oxygen atoms in total. The molecule has 1 aromatic heterocycles. The van der Waals surface area contributed by atoms with E-state index in [4.69, 9.17) is 5.73 Å². The second-order valence-electron chi connectivity index (χ2n) is 4.10. The van der Waals surface area contributed by atoms with Crippen molar-refractivity contribution >= 4 is 28.1 Å². The van der Waals surface area contributed by atoms with Gasteiger partial charge in [0.2, 0.25) is 0 Å². The van der Waals surface area contributed by atoms with Crippen LogP contribution >= 0.6 is 0 Å². The summed E-state index contributed by atoms with van der Waals surface area (Å²) in [6.45, 7) is 0. The Morgan fingerprint density at radius 1 is 0.842 bits per heavy atom. The SMILES string of the molecule is Nc1ccc(N=Nc2ccc3[nH]c(=O)[nH]c3c2)cc1. The van der Waals surface area contributed by atoms with E-state index in [1.807, 2.05) is 0 Å². The van der Waals surface area contributed by atoms with Gasteiger partial charge >= 0.3 is 5.69 Å². The van der Waals surface area contributed by atoms with Crippen molar-refractivity contribution < 1.29 is 0 Å². The van der Waals surface area contributed by atoms with Gasteiger partial charge in [-0.05, 0) is 42.5 Å². The van der Waals surface area contributed by atoms with E-state index < -0.39 is 0 Å². The minimum absolute atomic E-state index is 0.234. The fourth-order valence-corrected chi connectivity index (χ4v) is 1.74. The number of benzene rings is 2. The van der Waals surface area contributed by atoms with Crippen LogP contribution in [-0.4, -0.2) is 9.97 Å². The number of nitrogen functional groups attached to an aromatic ring is 1. The molecule has 0 aliphatic rings. The van der Waals surface area contributed by atoms with E-state index in [1.165, 1.54) is 0 Å². The van der Waals surface area contributed by atoms with Gasteiger partial charge in [0.15, 0.2) is 0 Å². The van der Waals surface area contributed by atoms with Crippen LogP contribution in [0.4, 0.5) is 17.1 Å². The van der Waals surface area contributed by atoms with Crippen LogP contribution in [0.2, 0.25) is 0 Å². The molecule has 4 N–H and O–H groups in total. The number of hydrogen-bond donors (Lipinski definition) is 3. The summed E-state index contributed by atoms with van der Waals surface area (Å²) in [5, 5.41) is 8.21. The van der Waals surface area contributed by atoms with Crippen LogP contribution in [0.25, 0.3) is 11.0 Å². The van der Waals surface area contributed by atoms with Gasteiger partial charge in [-0.1, -0.05) is 0 Å². The number of anilines is 1. The molecule has 0 atom stereocenters. The van der Waals surface area contributed by atoms with Gasteiger partial charge in [0.25, 0.3) is 0 Å². The number of hydrogen-bond acceptors (Lipinski definition) is 4. The lowest BCUT2D eigenvalue weighted by Gasteiger charge is -1.95. The van der Waals surface area contributed by atoms with Crippen LogP contribution in [0.3, 0.4) is 0 Å². The highest BCUT2D eigenvalue weighted by atomic mass is 16.1. The molecule has 0 saturated carbocycles. The third-order valence-electron chi connectivity index (χ3n) is 2.67. The van der Waals surface area contributed by atoms with Crippen molar-refractivity contribution in [2.45, 2.75) is 0 Å². The number of nitrogens with zero attached hydrogens (tertiary/aromatic N) is 2. The summed E-state index contributed by atoms with van der Waals surface area (Å²) in [5.74, 6) is 0. The zero-order valence-electron chi connectivity index (χ0n) is 9.92. The van der Waals surface area contributed by atoms with Crippen LogP contribution in [0, 0.1) is 0 Å². The largest absolute Gasteiger partial charge is 0.399 e. The molecule has 3 rings (SSSR count). The topological polar surface area (TPSA) is 99.4 Å². The normalized spacial score (nSPS) is 11.4. The number of rotatable bonds is 2. The van der Waals surface area contributed by atoms with Crippen LogP contribution < -0.4 is 11.4 Å². The molecule has 94 valence electrons. The van der Waals surface area contributed by atoms with Crippen molar-refractivity contribution in [3.8, 4) is 0 Å². The Bertz CT molecular complexity index is 798. The van der Waals surface area contributed by atoms with Gasteiger partial charge in [-0.25, -0.2) is 4.79 Å². The van der Waals surface area contributed by atoms with Gasteiger partial charge in [0.1, 0.15) is 0 Å². The summed E-state index contributed by atoms with van der Waals surface area (Å²) in [4.78, 5) is 16.5. The lowest BCUT2D eigenvalue weighted by Crippen LogP contribution is -1.99. The fraction of sp³-hybridized carbons (Fsp3) is 0. The first-order chi connectivity index (χ1) is 9.20. The Kier molecular flexibility index (Phi) is 2.60. The Hall–Kier alpha value is -2.89. The van der Waals surface area contributed by atoms with Crippen LogP contribution in [0.15, 0.2) is 57.5 Å². The number of nitrogens with two attached hydrogens (primary N) is 1. The number of fused-ring (bicyclic) bond motifs is 1. The molecule has 2 aromatic carbocycles. The maximum absolute atomic E-state index is 11.1. The molecule has 0 radical (unpaired) electrons. The quantitative estimate of drug-likeness (QED) is 0.483. The Morgan fingerprint density at radius 3 is 2.26 bits per heavy atom. The zero-order valence-corrected chi connectivity index (χ0v) is 9.92. The molecule has 0 aliphatic carbocycles. The van der Waals surface area contributed by atoms with Crippen molar-refractivity contribution in [3.05, 3.63) is 52.9 Å². The molecule has 19 heavy (non-hydrogen) atoms. The van der Waals surface area contributed by atoms with E-state index in [-0.39, 0.29) is 5.69 Å². The summed E-state index contributed by atoms with van der Waals surface area (Å²) in [6.07, 6.45) is 0. The van der Waals surface area contributed by atoms with E-state index in [2.05, 4.69) is 20.2 Å². The van der Waals surface area contributed by atoms with E-state index in [0.29, 0.717) is 16.9 Å². The van der Waals surface area contributed by atoms with Gasteiger partial charge in [0.05, 0.1) is 22.4 Å². The molecule has 0 spiro atoms. The molecular weight excluding hydrogens is 242 g/mol. The predicted octanol–water partition coefficient (Wildman–Crippen LogP) is 2.85. The molecule has 3 aromatic rings. The molecular formula is C13H11N5O. The summed E-state index contributed by atoms with van der Waals surface area (Å²) >= 11 is 0. The predicted molar refractivity (Wildman–Crippen MR) is 73.9 cm³/mol. The molecule has 0 bridgehead atoms. The van der Waals surface area contributed by atoms with Gasteiger partial charge in [0, 0.05) is 5.69 Å². The second kappa shape index (κ2) is 4.41. The lowest BCUT2D eigenvalue weighted by molar-refractivity contribution is 1.21. The summed E-state index contributed by atoms with van der Waals surface area (Å²) in [5.41, 5.74) is 8.88. The van der Waals surface area contributed by atoms with Crippen molar-refractivity contribution in [1.82, 2.24) is 9.97 Å². The Balaban J connectivity index is 1.91. The summed E-state index contributed by atoms with van der Waals surface area (Å²) < 4.78 is 0. The van der Waals surface area contributed by atoms with Gasteiger partial charge in [-0.15, -0.1) is 0 Å². The monoisotopic (exact) mass is 253 g/mol. The van der Waals surface area contributed by atoms with Gasteiger partial charge < -0.3 is 15.7 Å². The number of nitrogens with one attached hydrogen (secondary N) is 2. The van der Waals surface area contributed by atoms with Crippen LogP contribution in [0.1, 0.15) is 0 Å². The van der Waals surface area contributed by atoms with Gasteiger partial charge in [-0.2, -0.15) is 10.2 Å². The zero-order chi connectivity index (χ0) is 13.2. The van der Waals surface area contributed by atoms with E-state index in [1.54, 1.807) is 42.5 Å². The third kappa shape index (κ3) is 2.37. The standard InChI is InChI=1S/C13H11N5O/c14-8-1-3-9(4-2-8)17-18-10-5-6-11-12(7-10)16-13(19)15-11/h1-7H,14H2,(H2,15,16,19). The Morgan fingerprint density at radius 2 is 1.47 bits per heavy atom. The number of azo groups is 1. The van der Waals surface area contributed by atoms with Crippen LogP contribution in [-0.2, 0) is 0 Å². The highest BCUT2D eigenvalue weighted by molar-refractivity contribution is 5.77. The minimum Gasteiger partial charge on any atom is -0.399 e. The van der Waals surface area contributed by atoms with E-state index >= 15 is 0 Å². The summed E-state index contributed by atoms with van der Waals surface area (Å²) in [7, 11) is 0. The van der Waals surface area contributed by atoms with Crippen molar-refractivity contribution in [1.29, 1.82) is 0 Å². The summed E-state index contributed by atoms with van der Waals surface area (Å²) in [6, 6.07) is 12.4. The van der Waals surface area contributed by atoms with Crippen LogP contribution in [0.5, 0.6) is 0 Å². The van der Waals surface area contributed by atoms with E-state index in [9.17, 15) is 4.79 Å². The highest BCUT2D eigenvalue weighted by Crippen LogP contribution is 2.21. The number of H-pyrrole nitrogens is 2. The first-order valence-corrected chi connectivity index (χ1v) is 5.70. The fourth-order valence-electron chi connectivity index (χ4n) is 1.74.